The summed E-state index contributed by atoms with van der Waals surface area (Å²) in [6.45, 7) is 2.48. The molecule has 1 aliphatic heterocycles. The van der Waals surface area contributed by atoms with E-state index in [0.29, 0.717) is 16.3 Å². The van der Waals surface area contributed by atoms with E-state index in [2.05, 4.69) is 6.92 Å². The van der Waals surface area contributed by atoms with E-state index in [0.717, 1.165) is 32.1 Å². The van der Waals surface area contributed by atoms with Crippen molar-refractivity contribution in [3.05, 3.63) is 16.3 Å². The molecule has 108 valence electrons. The lowest BCUT2D eigenvalue weighted by molar-refractivity contribution is 0.238. The number of rotatable bonds is 5. The van der Waals surface area contributed by atoms with Crippen LogP contribution in [-0.2, 0) is 16.6 Å². The Bertz CT molecular complexity index is 508. The predicted octanol–water partition coefficient (Wildman–Crippen LogP) is 2.58. The Balaban J connectivity index is 2.31. The van der Waals surface area contributed by atoms with Gasteiger partial charge in [-0.2, -0.15) is 4.31 Å². The maximum atomic E-state index is 12.7. The number of hydrogen-bond acceptors (Lipinski definition) is 4. The van der Waals surface area contributed by atoms with Crippen molar-refractivity contribution in [3.8, 4) is 0 Å². The lowest BCUT2D eigenvalue weighted by Gasteiger charge is -2.34. The topological polar surface area (TPSA) is 57.6 Å². The molecule has 2 rings (SSSR count). The maximum absolute atomic E-state index is 12.7. The van der Waals surface area contributed by atoms with Gasteiger partial charge in [0.15, 0.2) is 0 Å². The lowest BCUT2D eigenvalue weighted by Crippen LogP contribution is -2.43. The molecule has 0 amide bonds. The number of sulfonamides is 1. The van der Waals surface area contributed by atoms with Gasteiger partial charge in [-0.05, 0) is 30.7 Å². The van der Waals surface area contributed by atoms with Crippen molar-refractivity contribution in [1.82, 2.24) is 4.31 Å². The van der Waals surface area contributed by atoms with Crippen LogP contribution in [0.1, 0.15) is 43.9 Å². The van der Waals surface area contributed by atoms with Crippen molar-refractivity contribution in [3.63, 3.8) is 0 Å². The summed E-state index contributed by atoms with van der Waals surface area (Å²) in [4.78, 5) is 0.837. The van der Waals surface area contributed by atoms with Gasteiger partial charge < -0.3 is 5.11 Å². The molecular weight excluding hydrogens is 282 g/mol. The Kier molecular flexibility index (Phi) is 5.00. The molecule has 0 spiro atoms. The minimum absolute atomic E-state index is 0.121. The van der Waals surface area contributed by atoms with Crippen molar-refractivity contribution in [2.75, 3.05) is 6.54 Å². The van der Waals surface area contributed by atoms with Gasteiger partial charge in [0, 0.05) is 17.5 Å². The van der Waals surface area contributed by atoms with Crippen LogP contribution < -0.4 is 0 Å². The van der Waals surface area contributed by atoms with Gasteiger partial charge in [0.2, 0.25) is 10.0 Å². The number of thiophene rings is 1. The molecule has 2 heterocycles. The van der Waals surface area contributed by atoms with Crippen LogP contribution in [0.4, 0.5) is 0 Å². The van der Waals surface area contributed by atoms with Crippen LogP contribution in [0.25, 0.3) is 0 Å². The van der Waals surface area contributed by atoms with Crippen molar-refractivity contribution in [1.29, 1.82) is 0 Å². The minimum Gasteiger partial charge on any atom is -0.391 e. The Morgan fingerprint density at radius 2 is 2.26 bits per heavy atom. The lowest BCUT2D eigenvalue weighted by atomic mass is 10.0. The second-order valence-corrected chi connectivity index (χ2v) is 7.78. The molecular formula is C13H21NO3S2. The van der Waals surface area contributed by atoms with Crippen molar-refractivity contribution in [2.24, 2.45) is 0 Å². The molecule has 1 unspecified atom stereocenters. The molecule has 0 saturated carbocycles. The van der Waals surface area contributed by atoms with Gasteiger partial charge in [0.1, 0.15) is 0 Å². The third-order valence-corrected chi connectivity index (χ3v) is 6.70. The smallest absolute Gasteiger partial charge is 0.244 e. The molecule has 0 aliphatic carbocycles. The van der Waals surface area contributed by atoms with Gasteiger partial charge in [-0.15, -0.1) is 11.3 Å². The van der Waals surface area contributed by atoms with Crippen LogP contribution in [0.3, 0.4) is 0 Å². The van der Waals surface area contributed by atoms with E-state index in [1.54, 1.807) is 15.8 Å². The Labute approximate surface area is 119 Å². The fraction of sp³-hybridized carbons (Fsp3) is 0.692. The zero-order chi connectivity index (χ0) is 13.9. The highest BCUT2D eigenvalue weighted by molar-refractivity contribution is 7.89. The first-order valence-corrected chi connectivity index (χ1v) is 9.12. The van der Waals surface area contributed by atoms with Gasteiger partial charge in [0.05, 0.1) is 11.5 Å². The van der Waals surface area contributed by atoms with Crippen LogP contribution in [-0.4, -0.2) is 30.4 Å². The second-order valence-electron chi connectivity index (χ2n) is 4.92. The largest absolute Gasteiger partial charge is 0.391 e. The van der Waals surface area contributed by atoms with Crippen molar-refractivity contribution in [2.45, 2.75) is 56.6 Å². The van der Waals surface area contributed by atoms with Gasteiger partial charge in [-0.3, -0.25) is 0 Å². The Morgan fingerprint density at radius 3 is 2.95 bits per heavy atom. The number of aliphatic hydroxyl groups excluding tert-OH is 1. The molecule has 0 aromatic carbocycles. The second kappa shape index (κ2) is 6.35. The van der Waals surface area contributed by atoms with Crippen LogP contribution in [0.15, 0.2) is 16.3 Å². The highest BCUT2D eigenvalue weighted by atomic mass is 32.2. The summed E-state index contributed by atoms with van der Waals surface area (Å²) >= 11 is 1.30. The SMILES string of the molecule is CCCC1CCCCN1S(=O)(=O)c1ccsc1CO. The molecule has 19 heavy (non-hydrogen) atoms. The molecule has 1 aliphatic rings. The number of nitrogens with zero attached hydrogens (tertiary/aromatic N) is 1. The fourth-order valence-corrected chi connectivity index (χ4v) is 5.70. The number of hydrogen-bond donors (Lipinski definition) is 1. The summed E-state index contributed by atoms with van der Waals surface area (Å²) in [5.74, 6) is 0. The minimum atomic E-state index is -3.45. The molecule has 0 bridgehead atoms. The summed E-state index contributed by atoms with van der Waals surface area (Å²) in [6.07, 6.45) is 4.89. The normalized spacial score (nSPS) is 21.7. The van der Waals surface area contributed by atoms with Crippen LogP contribution in [0.5, 0.6) is 0 Å². The van der Waals surface area contributed by atoms with E-state index in [1.807, 2.05) is 0 Å². The van der Waals surface area contributed by atoms with Gasteiger partial charge in [-0.25, -0.2) is 8.42 Å². The maximum Gasteiger partial charge on any atom is 0.244 e. The van der Waals surface area contributed by atoms with Crippen LogP contribution in [0, 0.1) is 0 Å². The fourth-order valence-electron chi connectivity index (χ4n) is 2.71. The van der Waals surface area contributed by atoms with E-state index in [9.17, 15) is 13.5 Å². The average Bonchev–Trinajstić information content (AvgIpc) is 2.88. The highest BCUT2D eigenvalue weighted by Crippen LogP contribution is 2.31. The number of aliphatic hydroxyl groups is 1. The monoisotopic (exact) mass is 303 g/mol. The van der Waals surface area contributed by atoms with Gasteiger partial charge in [0.25, 0.3) is 0 Å². The first-order chi connectivity index (χ1) is 9.11. The summed E-state index contributed by atoms with van der Waals surface area (Å²) < 4.78 is 27.1. The number of piperidine rings is 1. The summed E-state index contributed by atoms with van der Waals surface area (Å²) in [5, 5.41) is 11.0. The predicted molar refractivity (Wildman–Crippen MR) is 76.7 cm³/mol. The Morgan fingerprint density at radius 1 is 1.47 bits per heavy atom. The van der Waals surface area contributed by atoms with E-state index < -0.39 is 10.0 Å². The highest BCUT2D eigenvalue weighted by Gasteiger charge is 2.34. The summed E-state index contributed by atoms with van der Waals surface area (Å²) in [7, 11) is -3.45. The van der Waals surface area contributed by atoms with Crippen LogP contribution >= 0.6 is 11.3 Å². The molecule has 1 aromatic heterocycles. The third kappa shape index (κ3) is 3.02. The molecule has 1 aromatic rings. The van der Waals surface area contributed by atoms with E-state index in [1.165, 1.54) is 11.3 Å². The third-order valence-electron chi connectivity index (χ3n) is 3.63. The molecule has 1 saturated heterocycles. The molecule has 6 heteroatoms. The molecule has 1 fully saturated rings. The standard InChI is InChI=1S/C13H21NO3S2/c1-2-5-11-6-3-4-8-14(11)19(16,17)13-7-9-18-12(13)10-15/h7,9,11,15H,2-6,8,10H2,1H3. The van der Waals surface area contributed by atoms with Gasteiger partial charge in [-0.1, -0.05) is 19.8 Å². The van der Waals surface area contributed by atoms with E-state index in [-0.39, 0.29) is 12.6 Å². The van der Waals surface area contributed by atoms with E-state index >= 15 is 0 Å². The molecule has 1 atom stereocenters. The first-order valence-electron chi connectivity index (χ1n) is 6.80. The van der Waals surface area contributed by atoms with Crippen molar-refractivity contribution >= 4 is 21.4 Å². The first kappa shape index (κ1) is 15.0. The molecule has 1 N–H and O–H groups in total. The zero-order valence-electron chi connectivity index (χ0n) is 11.2. The van der Waals surface area contributed by atoms with Crippen LogP contribution in [0.2, 0.25) is 0 Å². The molecule has 0 radical (unpaired) electrons. The van der Waals surface area contributed by atoms with Crippen molar-refractivity contribution < 1.29 is 13.5 Å². The average molecular weight is 303 g/mol. The summed E-state index contributed by atoms with van der Waals surface area (Å²) in [5.41, 5.74) is 0. The zero-order valence-corrected chi connectivity index (χ0v) is 12.8. The van der Waals surface area contributed by atoms with Gasteiger partial charge >= 0.3 is 0 Å². The molecule has 4 nitrogen and oxygen atoms in total. The van der Waals surface area contributed by atoms with E-state index in [4.69, 9.17) is 0 Å². The summed E-state index contributed by atoms with van der Waals surface area (Å²) in [6, 6.07) is 1.73. The quantitative estimate of drug-likeness (QED) is 0.909. The Hall–Kier alpha value is -0.430.